The summed E-state index contributed by atoms with van der Waals surface area (Å²) < 4.78 is 0. The van der Waals surface area contributed by atoms with E-state index >= 15 is 0 Å². The monoisotopic (exact) mass is 250 g/mol. The van der Waals surface area contributed by atoms with Gasteiger partial charge in [0.05, 0.1) is 5.56 Å². The van der Waals surface area contributed by atoms with Crippen LogP contribution in [0.2, 0.25) is 0 Å². The number of aromatic nitrogens is 1. The van der Waals surface area contributed by atoms with Gasteiger partial charge in [0, 0.05) is 18.4 Å². The third-order valence-electron chi connectivity index (χ3n) is 3.32. The van der Waals surface area contributed by atoms with Crippen LogP contribution in [-0.2, 0) is 13.0 Å². The number of anilines is 2. The van der Waals surface area contributed by atoms with E-state index in [0.29, 0.717) is 11.4 Å². The Bertz CT molecular complexity index is 643. The fraction of sp³-hybridized carbons (Fsp3) is 0.200. The van der Waals surface area contributed by atoms with E-state index < -0.39 is 0 Å². The third kappa shape index (κ3) is 2.28. The van der Waals surface area contributed by atoms with Gasteiger partial charge in [-0.2, -0.15) is 5.26 Å². The molecule has 0 spiro atoms. The molecule has 0 atom stereocenters. The van der Waals surface area contributed by atoms with Crippen molar-refractivity contribution in [2.24, 2.45) is 0 Å². The van der Waals surface area contributed by atoms with Crippen LogP contribution in [0.5, 0.6) is 0 Å². The van der Waals surface area contributed by atoms with Crippen LogP contribution in [0.1, 0.15) is 16.7 Å². The van der Waals surface area contributed by atoms with Crippen molar-refractivity contribution in [2.45, 2.75) is 13.0 Å². The number of fused-ring (bicyclic) bond motifs is 1. The minimum absolute atomic E-state index is 0.564. The average Bonchev–Trinajstić information content (AvgIpc) is 2.48. The van der Waals surface area contributed by atoms with Crippen molar-refractivity contribution >= 4 is 11.5 Å². The van der Waals surface area contributed by atoms with E-state index in [4.69, 9.17) is 5.26 Å². The fourth-order valence-corrected chi connectivity index (χ4v) is 2.37. The van der Waals surface area contributed by atoms with Gasteiger partial charge in [0.1, 0.15) is 11.9 Å². The van der Waals surface area contributed by atoms with E-state index in [2.05, 4.69) is 27.8 Å². The summed E-state index contributed by atoms with van der Waals surface area (Å²) in [4.78, 5) is 4.24. The van der Waals surface area contributed by atoms with Gasteiger partial charge < -0.3 is 10.6 Å². The van der Waals surface area contributed by atoms with E-state index in [-0.39, 0.29) is 0 Å². The van der Waals surface area contributed by atoms with Crippen molar-refractivity contribution in [1.82, 2.24) is 10.3 Å². The lowest BCUT2D eigenvalue weighted by molar-refractivity contribution is 0.645. The molecule has 1 aromatic heterocycles. The Kier molecular flexibility index (Phi) is 3.13. The predicted molar refractivity (Wildman–Crippen MR) is 74.1 cm³/mol. The maximum Gasteiger partial charge on any atom is 0.148 e. The first kappa shape index (κ1) is 11.7. The van der Waals surface area contributed by atoms with Crippen LogP contribution in [0.15, 0.2) is 36.5 Å². The van der Waals surface area contributed by atoms with Gasteiger partial charge in [0.25, 0.3) is 0 Å². The Morgan fingerprint density at radius 3 is 3.11 bits per heavy atom. The highest BCUT2D eigenvalue weighted by molar-refractivity contribution is 5.66. The molecule has 19 heavy (non-hydrogen) atoms. The third-order valence-corrected chi connectivity index (χ3v) is 3.32. The molecule has 2 heterocycles. The van der Waals surface area contributed by atoms with E-state index in [1.54, 1.807) is 18.3 Å². The Morgan fingerprint density at radius 1 is 1.26 bits per heavy atom. The molecular formula is C15H14N4. The number of hydrogen-bond acceptors (Lipinski definition) is 4. The minimum Gasteiger partial charge on any atom is -0.339 e. The molecule has 3 rings (SSSR count). The molecule has 1 aliphatic heterocycles. The lowest BCUT2D eigenvalue weighted by atomic mass is 9.99. The van der Waals surface area contributed by atoms with E-state index in [1.165, 1.54) is 11.1 Å². The van der Waals surface area contributed by atoms with Crippen LogP contribution in [-0.4, -0.2) is 11.5 Å². The van der Waals surface area contributed by atoms with Crippen molar-refractivity contribution < 1.29 is 0 Å². The quantitative estimate of drug-likeness (QED) is 0.858. The normalized spacial score (nSPS) is 13.4. The summed E-state index contributed by atoms with van der Waals surface area (Å²) in [6.07, 6.45) is 2.69. The van der Waals surface area contributed by atoms with Gasteiger partial charge in [0.15, 0.2) is 0 Å². The van der Waals surface area contributed by atoms with Gasteiger partial charge in [-0.15, -0.1) is 0 Å². The molecular weight excluding hydrogens is 236 g/mol. The van der Waals surface area contributed by atoms with Gasteiger partial charge in [-0.3, -0.25) is 0 Å². The van der Waals surface area contributed by atoms with Gasteiger partial charge in [-0.05, 0) is 42.3 Å². The average molecular weight is 250 g/mol. The Balaban J connectivity index is 1.98. The molecule has 4 heteroatoms. The van der Waals surface area contributed by atoms with Crippen molar-refractivity contribution in [3.8, 4) is 6.07 Å². The Morgan fingerprint density at radius 2 is 2.21 bits per heavy atom. The molecule has 2 aromatic rings. The number of rotatable bonds is 2. The summed E-state index contributed by atoms with van der Waals surface area (Å²) in [6.45, 7) is 1.89. The molecule has 0 amide bonds. The van der Waals surface area contributed by atoms with Crippen LogP contribution >= 0.6 is 0 Å². The lowest BCUT2D eigenvalue weighted by Crippen LogP contribution is -2.24. The van der Waals surface area contributed by atoms with Crippen molar-refractivity contribution in [1.29, 1.82) is 5.26 Å². The van der Waals surface area contributed by atoms with E-state index in [9.17, 15) is 0 Å². The van der Waals surface area contributed by atoms with Crippen LogP contribution in [0.4, 0.5) is 11.5 Å². The smallest absolute Gasteiger partial charge is 0.148 e. The molecule has 0 saturated heterocycles. The highest BCUT2D eigenvalue weighted by Crippen LogP contribution is 2.26. The summed E-state index contributed by atoms with van der Waals surface area (Å²) in [7, 11) is 0. The number of pyridine rings is 1. The number of benzene rings is 1. The molecule has 2 N–H and O–H groups in total. The molecule has 0 saturated carbocycles. The molecule has 0 fully saturated rings. The van der Waals surface area contributed by atoms with E-state index in [1.807, 2.05) is 12.1 Å². The molecule has 4 nitrogen and oxygen atoms in total. The Labute approximate surface area is 112 Å². The van der Waals surface area contributed by atoms with E-state index in [0.717, 1.165) is 25.2 Å². The zero-order valence-corrected chi connectivity index (χ0v) is 10.5. The molecule has 0 aliphatic carbocycles. The van der Waals surface area contributed by atoms with Crippen LogP contribution in [0, 0.1) is 11.3 Å². The topological polar surface area (TPSA) is 60.7 Å². The predicted octanol–water partition coefficient (Wildman–Crippen LogP) is 2.34. The maximum atomic E-state index is 9.09. The van der Waals surface area contributed by atoms with Crippen molar-refractivity contribution in [3.63, 3.8) is 0 Å². The van der Waals surface area contributed by atoms with Crippen LogP contribution in [0.25, 0.3) is 0 Å². The SMILES string of the molecule is N#Cc1cccnc1Nc1cccc2c1CCNC2. The van der Waals surface area contributed by atoms with Gasteiger partial charge in [0.2, 0.25) is 0 Å². The number of nitrogens with one attached hydrogen (secondary N) is 2. The summed E-state index contributed by atoms with van der Waals surface area (Å²) in [5.74, 6) is 0.622. The second-order valence-electron chi connectivity index (χ2n) is 4.51. The van der Waals surface area contributed by atoms with Gasteiger partial charge in [-0.1, -0.05) is 12.1 Å². The lowest BCUT2D eigenvalue weighted by Gasteiger charge is -2.21. The molecule has 0 bridgehead atoms. The second kappa shape index (κ2) is 5.09. The van der Waals surface area contributed by atoms with Crippen molar-refractivity contribution in [2.75, 3.05) is 11.9 Å². The zero-order chi connectivity index (χ0) is 13.1. The number of hydrogen-bond donors (Lipinski definition) is 2. The van der Waals surface area contributed by atoms with Crippen molar-refractivity contribution in [3.05, 3.63) is 53.2 Å². The first-order valence-electron chi connectivity index (χ1n) is 6.32. The highest BCUT2D eigenvalue weighted by Gasteiger charge is 2.13. The second-order valence-corrected chi connectivity index (χ2v) is 4.51. The minimum atomic E-state index is 0.564. The first-order chi connectivity index (χ1) is 9.38. The largest absolute Gasteiger partial charge is 0.339 e. The zero-order valence-electron chi connectivity index (χ0n) is 10.5. The summed E-state index contributed by atoms with van der Waals surface area (Å²) in [5, 5.41) is 15.7. The summed E-state index contributed by atoms with van der Waals surface area (Å²) >= 11 is 0. The highest BCUT2D eigenvalue weighted by atomic mass is 15.0. The number of nitrogens with zero attached hydrogens (tertiary/aromatic N) is 2. The molecule has 0 radical (unpaired) electrons. The number of nitriles is 1. The van der Waals surface area contributed by atoms with Gasteiger partial charge >= 0.3 is 0 Å². The summed E-state index contributed by atoms with van der Waals surface area (Å²) in [6, 6.07) is 11.9. The molecule has 1 aliphatic rings. The molecule has 94 valence electrons. The van der Waals surface area contributed by atoms with Crippen LogP contribution in [0.3, 0.4) is 0 Å². The maximum absolute atomic E-state index is 9.09. The summed E-state index contributed by atoms with van der Waals surface area (Å²) in [5.41, 5.74) is 4.24. The van der Waals surface area contributed by atoms with Gasteiger partial charge in [-0.25, -0.2) is 4.98 Å². The first-order valence-corrected chi connectivity index (χ1v) is 6.32. The fourth-order valence-electron chi connectivity index (χ4n) is 2.37. The molecule has 0 unspecified atom stereocenters. The molecule has 1 aromatic carbocycles. The van der Waals surface area contributed by atoms with Crippen LogP contribution < -0.4 is 10.6 Å². The Hall–Kier alpha value is -2.38. The standard InChI is InChI=1S/C15H14N4/c16-9-11-4-2-7-18-15(11)19-14-5-1-3-12-10-17-8-6-13(12)14/h1-5,7,17H,6,8,10H2,(H,18,19).